The number of halogens is 3. The van der Waals surface area contributed by atoms with E-state index in [0.29, 0.717) is 13.1 Å². The fourth-order valence-corrected chi connectivity index (χ4v) is 2.17. The van der Waals surface area contributed by atoms with Gasteiger partial charge in [0.1, 0.15) is 0 Å². The highest BCUT2D eigenvalue weighted by atomic mass is 19.4. The molecule has 2 amide bonds. The Kier molecular flexibility index (Phi) is 5.22. The van der Waals surface area contributed by atoms with E-state index in [1.165, 1.54) is 6.07 Å². The molecule has 4 N–H and O–H groups in total. The Balaban J connectivity index is 1.88. The summed E-state index contributed by atoms with van der Waals surface area (Å²) in [6.07, 6.45) is -5.25. The van der Waals surface area contributed by atoms with Crippen molar-refractivity contribution in [1.82, 2.24) is 16.0 Å². The quantitative estimate of drug-likeness (QED) is 0.619. The van der Waals surface area contributed by atoms with Crippen molar-refractivity contribution in [2.75, 3.05) is 19.6 Å². The number of nitrogens with one attached hydrogen (secondary N) is 3. The molecule has 1 heterocycles. The predicted octanol–water partition coefficient (Wildman–Crippen LogP) is -0.116. The van der Waals surface area contributed by atoms with Gasteiger partial charge in [0, 0.05) is 18.7 Å². The van der Waals surface area contributed by atoms with Crippen molar-refractivity contribution in [2.45, 2.75) is 18.3 Å². The summed E-state index contributed by atoms with van der Waals surface area (Å²) in [4.78, 5) is 23.5. The number of alkyl halides is 3. The van der Waals surface area contributed by atoms with Crippen LogP contribution in [0, 0.1) is 0 Å². The normalized spacial score (nSPS) is 21.0. The van der Waals surface area contributed by atoms with Crippen LogP contribution in [0.3, 0.4) is 0 Å². The van der Waals surface area contributed by atoms with Crippen molar-refractivity contribution in [3.05, 3.63) is 35.4 Å². The van der Waals surface area contributed by atoms with E-state index in [-0.39, 0.29) is 5.56 Å². The predicted molar refractivity (Wildman–Crippen MR) is 74.6 cm³/mol. The topological polar surface area (TPSA) is 90.5 Å². The lowest BCUT2D eigenvalue weighted by Gasteiger charge is -2.15. The van der Waals surface area contributed by atoms with Crippen LogP contribution < -0.4 is 16.0 Å². The van der Waals surface area contributed by atoms with Crippen molar-refractivity contribution < 1.29 is 27.9 Å². The summed E-state index contributed by atoms with van der Waals surface area (Å²) in [5, 5.41) is 17.2. The third-order valence-electron chi connectivity index (χ3n) is 3.39. The number of hydrogen-bond donors (Lipinski definition) is 4. The molecule has 0 aliphatic carbocycles. The van der Waals surface area contributed by atoms with Crippen molar-refractivity contribution in [3.8, 4) is 0 Å². The molecule has 1 aromatic rings. The molecule has 9 heteroatoms. The first-order valence-corrected chi connectivity index (χ1v) is 6.91. The fourth-order valence-electron chi connectivity index (χ4n) is 2.17. The van der Waals surface area contributed by atoms with Crippen LogP contribution in [0.4, 0.5) is 13.2 Å². The lowest BCUT2D eigenvalue weighted by Crippen LogP contribution is -2.46. The van der Waals surface area contributed by atoms with Crippen LogP contribution in [0.2, 0.25) is 0 Å². The smallest absolute Gasteiger partial charge is 0.390 e. The van der Waals surface area contributed by atoms with Gasteiger partial charge in [0.25, 0.3) is 5.91 Å². The zero-order valence-corrected chi connectivity index (χ0v) is 12.0. The van der Waals surface area contributed by atoms with Crippen LogP contribution in [0.5, 0.6) is 0 Å². The highest BCUT2D eigenvalue weighted by Gasteiger charge is 2.31. The zero-order valence-electron chi connectivity index (χ0n) is 12.0. The number of carbonyl (C=O) groups is 2. The van der Waals surface area contributed by atoms with Crippen LogP contribution in [0.25, 0.3) is 0 Å². The van der Waals surface area contributed by atoms with Crippen LogP contribution >= 0.6 is 0 Å². The monoisotopic (exact) mass is 331 g/mol. The summed E-state index contributed by atoms with van der Waals surface area (Å²) in [5.74, 6) is -1.31. The van der Waals surface area contributed by atoms with Gasteiger partial charge in [-0.2, -0.15) is 13.2 Å². The molecule has 2 rings (SSSR count). The van der Waals surface area contributed by atoms with Crippen LogP contribution in [0.1, 0.15) is 15.9 Å². The van der Waals surface area contributed by atoms with E-state index in [1.807, 2.05) is 0 Å². The largest absolute Gasteiger partial charge is 0.416 e. The van der Waals surface area contributed by atoms with E-state index < -0.39 is 42.2 Å². The number of hydrogen-bond acceptors (Lipinski definition) is 4. The molecule has 0 bridgehead atoms. The minimum atomic E-state index is -4.54. The molecule has 1 aliphatic heterocycles. The van der Waals surface area contributed by atoms with Crippen LogP contribution in [-0.4, -0.2) is 48.7 Å². The summed E-state index contributed by atoms with van der Waals surface area (Å²) in [6, 6.07) is 3.48. The molecule has 1 aromatic carbocycles. The lowest BCUT2D eigenvalue weighted by atomic mass is 10.1. The van der Waals surface area contributed by atoms with Gasteiger partial charge in [0.05, 0.1) is 24.3 Å². The van der Waals surface area contributed by atoms with Crippen molar-refractivity contribution >= 4 is 11.8 Å². The second kappa shape index (κ2) is 6.97. The molecule has 0 radical (unpaired) electrons. The highest BCUT2D eigenvalue weighted by molar-refractivity contribution is 5.96. The molecule has 6 nitrogen and oxygen atoms in total. The van der Waals surface area contributed by atoms with Gasteiger partial charge >= 0.3 is 6.18 Å². The van der Waals surface area contributed by atoms with E-state index in [1.54, 1.807) is 0 Å². The summed E-state index contributed by atoms with van der Waals surface area (Å²) < 4.78 is 37.8. The Bertz CT molecular complexity index is 592. The summed E-state index contributed by atoms with van der Waals surface area (Å²) in [5.41, 5.74) is -1.12. The average molecular weight is 331 g/mol. The number of amides is 2. The first-order chi connectivity index (χ1) is 10.8. The maximum Gasteiger partial charge on any atom is 0.416 e. The third-order valence-corrected chi connectivity index (χ3v) is 3.39. The lowest BCUT2D eigenvalue weighted by molar-refractivity contribution is -0.137. The molecule has 126 valence electrons. The van der Waals surface area contributed by atoms with Gasteiger partial charge in [0.15, 0.2) is 0 Å². The van der Waals surface area contributed by atoms with E-state index in [0.717, 1.165) is 18.2 Å². The molecular weight excluding hydrogens is 315 g/mol. The second-order valence-electron chi connectivity index (χ2n) is 5.16. The van der Waals surface area contributed by atoms with Gasteiger partial charge in [-0.1, -0.05) is 6.07 Å². The van der Waals surface area contributed by atoms with Gasteiger partial charge in [-0.15, -0.1) is 0 Å². The fraction of sp³-hybridized carbons (Fsp3) is 0.429. The van der Waals surface area contributed by atoms with Gasteiger partial charge in [-0.3, -0.25) is 9.59 Å². The summed E-state index contributed by atoms with van der Waals surface area (Å²) >= 11 is 0. The standard InChI is InChI=1S/C14H16F3N3O3/c15-14(16,17)9-3-1-2-8(4-9)13(23)19-7-12(22)20-10-5-18-6-11(10)21/h1-4,10-11,18,21H,5-7H2,(H,19,23)(H,20,22)/t10-,11+/m1/s1. The number of benzene rings is 1. The average Bonchev–Trinajstić information content (AvgIpc) is 2.89. The molecule has 23 heavy (non-hydrogen) atoms. The van der Waals surface area contributed by atoms with E-state index in [2.05, 4.69) is 16.0 Å². The third kappa shape index (κ3) is 4.67. The Hall–Kier alpha value is -2.13. The number of carbonyl (C=O) groups excluding carboxylic acids is 2. The Morgan fingerprint density at radius 3 is 2.65 bits per heavy atom. The minimum absolute atomic E-state index is 0.185. The number of aliphatic hydroxyl groups is 1. The first kappa shape index (κ1) is 17.2. The van der Waals surface area contributed by atoms with E-state index >= 15 is 0 Å². The van der Waals surface area contributed by atoms with E-state index in [4.69, 9.17) is 0 Å². The Labute approximate surface area is 130 Å². The van der Waals surface area contributed by atoms with Crippen molar-refractivity contribution in [3.63, 3.8) is 0 Å². The summed E-state index contributed by atoms with van der Waals surface area (Å²) in [7, 11) is 0. The second-order valence-corrected chi connectivity index (χ2v) is 5.16. The zero-order chi connectivity index (χ0) is 17.0. The highest BCUT2D eigenvalue weighted by Crippen LogP contribution is 2.29. The molecule has 2 atom stereocenters. The van der Waals surface area contributed by atoms with Gasteiger partial charge < -0.3 is 21.1 Å². The number of rotatable bonds is 4. The van der Waals surface area contributed by atoms with Crippen molar-refractivity contribution in [2.24, 2.45) is 0 Å². The first-order valence-electron chi connectivity index (χ1n) is 6.91. The molecule has 0 spiro atoms. The number of β-amino-alcohol motifs (C(OH)–C–C–N with tert-alkyl or cyclic N) is 1. The number of aliphatic hydroxyl groups excluding tert-OH is 1. The molecular formula is C14H16F3N3O3. The minimum Gasteiger partial charge on any atom is -0.390 e. The molecule has 0 saturated carbocycles. The molecule has 0 unspecified atom stereocenters. The molecule has 1 fully saturated rings. The van der Waals surface area contributed by atoms with E-state index in [9.17, 15) is 27.9 Å². The van der Waals surface area contributed by atoms with Gasteiger partial charge in [0.2, 0.25) is 5.91 Å². The maximum absolute atomic E-state index is 12.6. The Morgan fingerprint density at radius 1 is 1.30 bits per heavy atom. The van der Waals surface area contributed by atoms with Gasteiger partial charge in [-0.25, -0.2) is 0 Å². The molecule has 0 aromatic heterocycles. The SMILES string of the molecule is O=C(CNC(=O)c1cccc(C(F)(F)F)c1)N[C@@H]1CNC[C@@H]1O. The molecule has 1 aliphatic rings. The summed E-state index contributed by atoms with van der Waals surface area (Å²) in [6.45, 7) is 0.383. The maximum atomic E-state index is 12.6. The van der Waals surface area contributed by atoms with Crippen LogP contribution in [-0.2, 0) is 11.0 Å². The van der Waals surface area contributed by atoms with Crippen LogP contribution in [0.15, 0.2) is 24.3 Å². The Morgan fingerprint density at radius 2 is 2.04 bits per heavy atom. The molecule has 1 saturated heterocycles. The van der Waals surface area contributed by atoms with Gasteiger partial charge in [-0.05, 0) is 18.2 Å². The van der Waals surface area contributed by atoms with Crippen molar-refractivity contribution in [1.29, 1.82) is 0 Å².